The molecule has 4 N–H and O–H groups in total. The molecule has 0 aromatic carbocycles. The third-order valence-corrected chi connectivity index (χ3v) is 6.23. The van der Waals surface area contributed by atoms with Crippen LogP contribution in [0, 0.1) is 23.2 Å². The van der Waals surface area contributed by atoms with Gasteiger partial charge in [0.2, 0.25) is 5.91 Å². The van der Waals surface area contributed by atoms with Crippen molar-refractivity contribution in [2.75, 3.05) is 13.2 Å². The zero-order valence-corrected chi connectivity index (χ0v) is 13.5. The van der Waals surface area contributed by atoms with Crippen LogP contribution in [-0.2, 0) is 4.79 Å². The lowest BCUT2D eigenvalue weighted by molar-refractivity contribution is -0.127. The fraction of sp³-hybridized carbons (Fsp3) is 0.938. The second-order valence-corrected chi connectivity index (χ2v) is 7.33. The summed E-state index contributed by atoms with van der Waals surface area (Å²) in [6.07, 6.45) is 9.08. The number of fused-ring (bicyclic) bond motifs is 2. The van der Waals surface area contributed by atoms with E-state index in [0.29, 0.717) is 11.8 Å². The minimum Gasteiger partial charge on any atom is -0.396 e. The number of amides is 1. The molecule has 3 fully saturated rings. The number of aliphatic hydroxyl groups excluding tert-OH is 1. The van der Waals surface area contributed by atoms with Gasteiger partial charge < -0.3 is 16.2 Å². The number of aliphatic hydroxyl groups is 1. The molecule has 4 nitrogen and oxygen atoms in total. The van der Waals surface area contributed by atoms with Gasteiger partial charge in [-0.3, -0.25) is 4.79 Å². The average molecular weight is 317 g/mol. The number of carbonyl (C=O) groups is 1. The third kappa shape index (κ3) is 3.22. The molecule has 4 atom stereocenters. The Morgan fingerprint density at radius 1 is 1.24 bits per heavy atom. The summed E-state index contributed by atoms with van der Waals surface area (Å²) in [5.74, 6) is 1.32. The van der Waals surface area contributed by atoms with Crippen LogP contribution >= 0.6 is 12.4 Å². The lowest BCUT2D eigenvalue weighted by Crippen LogP contribution is -2.47. The van der Waals surface area contributed by atoms with E-state index in [1.165, 1.54) is 25.7 Å². The lowest BCUT2D eigenvalue weighted by Gasteiger charge is -2.31. The first kappa shape index (κ1) is 17.0. The van der Waals surface area contributed by atoms with Crippen molar-refractivity contribution in [3.05, 3.63) is 0 Å². The smallest absolute Gasteiger partial charge is 0.224 e. The third-order valence-electron chi connectivity index (χ3n) is 6.23. The van der Waals surface area contributed by atoms with Gasteiger partial charge in [-0.15, -0.1) is 12.4 Å². The van der Waals surface area contributed by atoms with Crippen molar-refractivity contribution >= 4 is 18.3 Å². The SMILES string of the molecule is Cl.NC1C2CCC(C2)C1C(=O)NCC1(CCO)CCCC1. The minimum absolute atomic E-state index is 0. The maximum Gasteiger partial charge on any atom is 0.224 e. The van der Waals surface area contributed by atoms with Crippen LogP contribution in [0.1, 0.15) is 51.4 Å². The van der Waals surface area contributed by atoms with Crippen LogP contribution in [0.5, 0.6) is 0 Å². The molecule has 0 radical (unpaired) electrons. The van der Waals surface area contributed by atoms with Crippen LogP contribution < -0.4 is 11.1 Å². The van der Waals surface area contributed by atoms with Crippen molar-refractivity contribution in [2.24, 2.45) is 28.9 Å². The van der Waals surface area contributed by atoms with Crippen LogP contribution in [0.2, 0.25) is 0 Å². The van der Waals surface area contributed by atoms with Crippen molar-refractivity contribution in [1.29, 1.82) is 0 Å². The summed E-state index contributed by atoms with van der Waals surface area (Å²) in [5, 5.41) is 12.4. The molecule has 0 aliphatic heterocycles. The molecule has 0 spiro atoms. The first-order valence-electron chi connectivity index (χ1n) is 8.29. The largest absolute Gasteiger partial charge is 0.396 e. The van der Waals surface area contributed by atoms with Gasteiger partial charge in [0.25, 0.3) is 0 Å². The predicted octanol–water partition coefficient (Wildman–Crippen LogP) is 1.84. The lowest BCUT2D eigenvalue weighted by atomic mass is 9.81. The topological polar surface area (TPSA) is 75.4 Å². The van der Waals surface area contributed by atoms with E-state index < -0.39 is 0 Å². The monoisotopic (exact) mass is 316 g/mol. The number of nitrogens with one attached hydrogen (secondary N) is 1. The first-order valence-corrected chi connectivity index (χ1v) is 8.29. The summed E-state index contributed by atoms with van der Waals surface area (Å²) < 4.78 is 0. The maximum absolute atomic E-state index is 12.5. The van der Waals surface area contributed by atoms with Crippen LogP contribution in [0.15, 0.2) is 0 Å². The highest BCUT2D eigenvalue weighted by atomic mass is 35.5. The number of hydrogen-bond donors (Lipinski definition) is 3. The summed E-state index contributed by atoms with van der Waals surface area (Å²) in [5.41, 5.74) is 6.38. The first-order chi connectivity index (χ1) is 9.65. The fourth-order valence-corrected chi connectivity index (χ4v) is 4.99. The zero-order chi connectivity index (χ0) is 14.2. The number of hydrogen-bond acceptors (Lipinski definition) is 3. The van der Waals surface area contributed by atoms with E-state index in [9.17, 15) is 9.90 Å². The normalized spacial score (nSPS) is 36.5. The van der Waals surface area contributed by atoms with Crippen LogP contribution in [0.25, 0.3) is 0 Å². The van der Waals surface area contributed by atoms with E-state index >= 15 is 0 Å². The van der Waals surface area contributed by atoms with E-state index in [4.69, 9.17) is 5.73 Å². The van der Waals surface area contributed by atoms with E-state index in [1.54, 1.807) is 0 Å². The van der Waals surface area contributed by atoms with Crippen molar-refractivity contribution in [1.82, 2.24) is 5.32 Å². The van der Waals surface area contributed by atoms with Gasteiger partial charge in [-0.05, 0) is 55.8 Å². The highest BCUT2D eigenvalue weighted by Gasteiger charge is 2.49. The Morgan fingerprint density at radius 3 is 2.48 bits per heavy atom. The molecule has 0 aromatic heterocycles. The Morgan fingerprint density at radius 2 is 1.90 bits per heavy atom. The van der Waals surface area contributed by atoms with Crippen molar-refractivity contribution in [2.45, 2.75) is 57.4 Å². The van der Waals surface area contributed by atoms with Crippen LogP contribution in [0.3, 0.4) is 0 Å². The van der Waals surface area contributed by atoms with E-state index in [1.807, 2.05) is 0 Å². The standard InChI is InChI=1S/C16H28N2O2.ClH/c17-14-12-4-3-11(9-12)13(14)15(20)18-10-16(7-8-19)5-1-2-6-16;/h11-14,19H,1-10,17H2,(H,18,20);1H. The second kappa shape index (κ2) is 6.84. The zero-order valence-electron chi connectivity index (χ0n) is 12.7. The number of carbonyl (C=O) groups excluding carboxylic acids is 1. The summed E-state index contributed by atoms with van der Waals surface area (Å²) in [6.45, 7) is 0.955. The molecular formula is C16H29ClN2O2. The van der Waals surface area contributed by atoms with E-state index in [0.717, 1.165) is 32.2 Å². The van der Waals surface area contributed by atoms with Gasteiger partial charge in [-0.1, -0.05) is 12.8 Å². The number of nitrogens with two attached hydrogens (primary N) is 1. The van der Waals surface area contributed by atoms with Gasteiger partial charge in [-0.2, -0.15) is 0 Å². The number of halogens is 1. The Labute approximate surface area is 133 Å². The Bertz CT molecular complexity index is 369. The quantitative estimate of drug-likeness (QED) is 0.724. The molecule has 3 saturated carbocycles. The molecule has 3 rings (SSSR count). The van der Waals surface area contributed by atoms with Gasteiger partial charge in [0.1, 0.15) is 0 Å². The van der Waals surface area contributed by atoms with Crippen molar-refractivity contribution in [3.63, 3.8) is 0 Å². The highest BCUT2D eigenvalue weighted by Crippen LogP contribution is 2.48. The van der Waals surface area contributed by atoms with Gasteiger partial charge in [-0.25, -0.2) is 0 Å². The summed E-state index contributed by atoms with van der Waals surface area (Å²) in [4.78, 5) is 12.5. The maximum atomic E-state index is 12.5. The van der Waals surface area contributed by atoms with Gasteiger partial charge >= 0.3 is 0 Å². The molecule has 122 valence electrons. The van der Waals surface area contributed by atoms with Crippen LogP contribution in [0.4, 0.5) is 0 Å². The molecule has 1 amide bonds. The Balaban J connectivity index is 0.00000161. The van der Waals surface area contributed by atoms with Gasteiger partial charge in [0.05, 0.1) is 5.92 Å². The molecule has 3 aliphatic rings. The average Bonchev–Trinajstić information content (AvgIpc) is 3.12. The summed E-state index contributed by atoms with van der Waals surface area (Å²) >= 11 is 0. The van der Waals surface area contributed by atoms with E-state index in [2.05, 4.69) is 5.32 Å². The van der Waals surface area contributed by atoms with Gasteiger partial charge in [0, 0.05) is 19.2 Å². The molecule has 2 bridgehead atoms. The molecule has 3 aliphatic carbocycles. The molecular weight excluding hydrogens is 288 g/mol. The van der Waals surface area contributed by atoms with Gasteiger partial charge in [0.15, 0.2) is 0 Å². The van der Waals surface area contributed by atoms with Crippen LogP contribution in [-0.4, -0.2) is 30.2 Å². The minimum atomic E-state index is 0. The Hall–Kier alpha value is -0.320. The summed E-state index contributed by atoms with van der Waals surface area (Å²) in [6, 6.07) is 0.0751. The molecule has 0 heterocycles. The molecule has 21 heavy (non-hydrogen) atoms. The highest BCUT2D eigenvalue weighted by molar-refractivity contribution is 5.85. The molecule has 4 unspecified atom stereocenters. The predicted molar refractivity (Wildman–Crippen MR) is 85.2 cm³/mol. The molecule has 0 saturated heterocycles. The van der Waals surface area contributed by atoms with Crippen molar-refractivity contribution < 1.29 is 9.90 Å². The fourth-order valence-electron chi connectivity index (χ4n) is 4.99. The van der Waals surface area contributed by atoms with E-state index in [-0.39, 0.29) is 42.3 Å². The molecule has 0 aromatic rings. The Kier molecular flexibility index (Phi) is 5.55. The summed E-state index contributed by atoms with van der Waals surface area (Å²) in [7, 11) is 0. The second-order valence-electron chi connectivity index (χ2n) is 7.33. The molecule has 5 heteroatoms. The number of rotatable bonds is 5. The van der Waals surface area contributed by atoms with Crippen molar-refractivity contribution in [3.8, 4) is 0 Å².